The van der Waals surface area contributed by atoms with Gasteiger partial charge in [0, 0.05) is 16.4 Å². The molecule has 23 heavy (non-hydrogen) atoms. The first-order valence-corrected chi connectivity index (χ1v) is 7.56. The fourth-order valence-corrected chi connectivity index (χ4v) is 2.91. The summed E-state index contributed by atoms with van der Waals surface area (Å²) in [6.07, 6.45) is 0. The summed E-state index contributed by atoms with van der Waals surface area (Å²) in [6.45, 7) is 3.66. The van der Waals surface area contributed by atoms with Gasteiger partial charge in [0.05, 0.1) is 10.0 Å². The van der Waals surface area contributed by atoms with Gasteiger partial charge in [-0.1, -0.05) is 34.8 Å². The molecule has 0 spiro atoms. The van der Waals surface area contributed by atoms with Crippen molar-refractivity contribution in [2.75, 3.05) is 0 Å². The SMILES string of the molecule is Cc1cc(C)n2nc(C(=O)Oc3c(Cl)cc(Cl)cc3Cl)nc2n1. The van der Waals surface area contributed by atoms with Crippen molar-refractivity contribution < 1.29 is 9.53 Å². The van der Waals surface area contributed by atoms with Crippen LogP contribution in [-0.2, 0) is 0 Å². The van der Waals surface area contributed by atoms with Crippen molar-refractivity contribution in [3.63, 3.8) is 0 Å². The molecule has 0 atom stereocenters. The van der Waals surface area contributed by atoms with Crippen molar-refractivity contribution in [3.05, 3.63) is 50.5 Å². The maximum absolute atomic E-state index is 12.2. The van der Waals surface area contributed by atoms with Gasteiger partial charge >= 0.3 is 5.97 Å². The first-order chi connectivity index (χ1) is 10.8. The molecule has 3 aromatic rings. The molecule has 0 bridgehead atoms. The molecule has 0 aliphatic heterocycles. The Kier molecular flexibility index (Phi) is 4.14. The third kappa shape index (κ3) is 3.10. The van der Waals surface area contributed by atoms with Crippen LogP contribution in [0.15, 0.2) is 18.2 Å². The second-order valence-corrected chi connectivity index (χ2v) is 6.03. The molecule has 0 amide bonds. The third-order valence-electron chi connectivity index (χ3n) is 2.96. The number of carbonyl (C=O) groups is 1. The van der Waals surface area contributed by atoms with E-state index in [0.717, 1.165) is 11.4 Å². The molecule has 0 saturated carbocycles. The first kappa shape index (κ1) is 16.0. The van der Waals surface area contributed by atoms with E-state index >= 15 is 0 Å². The fraction of sp³-hybridized carbons (Fsp3) is 0.143. The number of carbonyl (C=O) groups excluding carboxylic acids is 1. The van der Waals surface area contributed by atoms with Crippen LogP contribution in [0, 0.1) is 13.8 Å². The van der Waals surface area contributed by atoms with Crippen LogP contribution < -0.4 is 4.74 Å². The highest BCUT2D eigenvalue weighted by Gasteiger charge is 2.20. The van der Waals surface area contributed by atoms with E-state index in [4.69, 9.17) is 39.5 Å². The average molecular weight is 372 g/mol. The van der Waals surface area contributed by atoms with E-state index in [1.807, 2.05) is 19.9 Å². The summed E-state index contributed by atoms with van der Waals surface area (Å²) in [7, 11) is 0. The zero-order valence-corrected chi connectivity index (χ0v) is 14.2. The van der Waals surface area contributed by atoms with Gasteiger partial charge in [-0.25, -0.2) is 14.3 Å². The zero-order valence-electron chi connectivity index (χ0n) is 12.0. The normalized spacial score (nSPS) is 11.0. The van der Waals surface area contributed by atoms with Gasteiger partial charge in [-0.05, 0) is 32.0 Å². The number of fused-ring (bicyclic) bond motifs is 1. The Hall–Kier alpha value is -1.89. The number of hydrogen-bond donors (Lipinski definition) is 0. The molecule has 0 fully saturated rings. The molecule has 2 heterocycles. The minimum Gasteiger partial charge on any atom is -0.417 e. The van der Waals surface area contributed by atoms with E-state index in [1.54, 1.807) is 0 Å². The van der Waals surface area contributed by atoms with E-state index in [9.17, 15) is 4.79 Å². The summed E-state index contributed by atoms with van der Waals surface area (Å²) in [5.41, 5.74) is 1.56. The van der Waals surface area contributed by atoms with Crippen LogP contribution in [0.1, 0.15) is 22.0 Å². The van der Waals surface area contributed by atoms with E-state index in [1.165, 1.54) is 16.6 Å². The number of aryl methyl sites for hydroxylation is 2. The van der Waals surface area contributed by atoms with E-state index in [-0.39, 0.29) is 21.6 Å². The Morgan fingerprint density at radius 3 is 2.39 bits per heavy atom. The highest BCUT2D eigenvalue weighted by atomic mass is 35.5. The van der Waals surface area contributed by atoms with Gasteiger partial charge in [0.15, 0.2) is 5.75 Å². The molecule has 2 aromatic heterocycles. The summed E-state index contributed by atoms with van der Waals surface area (Å²) in [6, 6.07) is 4.66. The number of nitrogens with zero attached hydrogens (tertiary/aromatic N) is 4. The van der Waals surface area contributed by atoms with E-state index < -0.39 is 5.97 Å². The lowest BCUT2D eigenvalue weighted by molar-refractivity contribution is 0.0722. The molecule has 0 unspecified atom stereocenters. The average Bonchev–Trinajstić information content (AvgIpc) is 2.86. The maximum Gasteiger partial charge on any atom is 0.383 e. The van der Waals surface area contributed by atoms with Crippen LogP contribution >= 0.6 is 34.8 Å². The molecule has 0 N–H and O–H groups in total. The molecule has 0 radical (unpaired) electrons. The molecule has 0 aliphatic carbocycles. The number of halogens is 3. The predicted octanol–water partition coefficient (Wildman–Crippen LogP) is 3.92. The highest BCUT2D eigenvalue weighted by molar-refractivity contribution is 6.40. The lowest BCUT2D eigenvalue weighted by Gasteiger charge is -2.06. The van der Waals surface area contributed by atoms with Crippen LogP contribution in [0.3, 0.4) is 0 Å². The van der Waals surface area contributed by atoms with Gasteiger partial charge in [-0.3, -0.25) is 0 Å². The molecule has 0 aliphatic rings. The molecule has 0 saturated heterocycles. The lowest BCUT2D eigenvalue weighted by atomic mass is 10.3. The van der Waals surface area contributed by atoms with Crippen LogP contribution in [0.2, 0.25) is 15.1 Å². The molecular weight excluding hydrogens is 363 g/mol. The molecular formula is C14H9Cl3N4O2. The number of hydrogen-bond acceptors (Lipinski definition) is 5. The number of benzene rings is 1. The summed E-state index contributed by atoms with van der Waals surface area (Å²) in [5, 5.41) is 4.65. The molecule has 6 nitrogen and oxygen atoms in total. The van der Waals surface area contributed by atoms with Crippen molar-refractivity contribution in [1.82, 2.24) is 19.6 Å². The quantitative estimate of drug-likeness (QED) is 0.504. The summed E-state index contributed by atoms with van der Waals surface area (Å²) in [5.74, 6) is -0.628. The predicted molar refractivity (Wildman–Crippen MR) is 86.7 cm³/mol. The van der Waals surface area contributed by atoms with Gasteiger partial charge in [-0.15, -0.1) is 5.10 Å². The first-order valence-electron chi connectivity index (χ1n) is 6.43. The Bertz CT molecular complexity index is 916. The molecule has 118 valence electrons. The Balaban J connectivity index is 1.97. The monoisotopic (exact) mass is 370 g/mol. The van der Waals surface area contributed by atoms with Crippen molar-refractivity contribution in [2.45, 2.75) is 13.8 Å². The maximum atomic E-state index is 12.2. The third-order valence-corrected chi connectivity index (χ3v) is 3.74. The largest absolute Gasteiger partial charge is 0.417 e. The van der Waals surface area contributed by atoms with Crippen molar-refractivity contribution >= 4 is 46.5 Å². The highest BCUT2D eigenvalue weighted by Crippen LogP contribution is 2.36. The Labute approximate surface area is 146 Å². The van der Waals surface area contributed by atoms with Gasteiger partial charge in [0.1, 0.15) is 0 Å². The van der Waals surface area contributed by atoms with Gasteiger partial charge in [0.25, 0.3) is 11.6 Å². The van der Waals surface area contributed by atoms with E-state index in [0.29, 0.717) is 10.8 Å². The zero-order chi connectivity index (χ0) is 16.7. The number of esters is 1. The Morgan fingerprint density at radius 1 is 1.09 bits per heavy atom. The van der Waals surface area contributed by atoms with Crippen molar-refractivity contribution in [3.8, 4) is 5.75 Å². The smallest absolute Gasteiger partial charge is 0.383 e. The number of ether oxygens (including phenoxy) is 1. The summed E-state index contributed by atoms with van der Waals surface area (Å²) < 4.78 is 6.64. The second kappa shape index (κ2) is 5.96. The molecule has 1 aromatic carbocycles. The summed E-state index contributed by atoms with van der Waals surface area (Å²) in [4.78, 5) is 20.5. The van der Waals surface area contributed by atoms with Crippen LogP contribution in [0.25, 0.3) is 5.78 Å². The number of rotatable bonds is 2. The van der Waals surface area contributed by atoms with Crippen LogP contribution in [-0.4, -0.2) is 25.6 Å². The second-order valence-electron chi connectivity index (χ2n) is 4.77. The van der Waals surface area contributed by atoms with Crippen LogP contribution in [0.4, 0.5) is 0 Å². The summed E-state index contributed by atoms with van der Waals surface area (Å²) >= 11 is 17.8. The van der Waals surface area contributed by atoms with Gasteiger partial charge in [-0.2, -0.15) is 4.98 Å². The fourth-order valence-electron chi connectivity index (χ4n) is 2.02. The standard InChI is InChI=1S/C14H9Cl3N4O2/c1-6-3-7(2)21-14(18-6)19-12(20-21)13(22)23-11-9(16)4-8(15)5-10(11)17/h3-5H,1-2H3. The van der Waals surface area contributed by atoms with Gasteiger partial charge in [0.2, 0.25) is 0 Å². The van der Waals surface area contributed by atoms with Crippen molar-refractivity contribution in [2.24, 2.45) is 0 Å². The lowest BCUT2D eigenvalue weighted by Crippen LogP contribution is -2.11. The molecule has 3 rings (SSSR count). The minimum absolute atomic E-state index is 0.00227. The van der Waals surface area contributed by atoms with E-state index in [2.05, 4.69) is 15.1 Å². The van der Waals surface area contributed by atoms with Crippen molar-refractivity contribution in [1.29, 1.82) is 0 Å². The molecule has 9 heteroatoms. The topological polar surface area (TPSA) is 69.4 Å². The Morgan fingerprint density at radius 2 is 1.74 bits per heavy atom. The minimum atomic E-state index is -0.793. The van der Waals surface area contributed by atoms with Crippen LogP contribution in [0.5, 0.6) is 5.75 Å². The number of aromatic nitrogens is 4. The van der Waals surface area contributed by atoms with Gasteiger partial charge < -0.3 is 4.74 Å².